The molecule has 0 aliphatic carbocycles. The number of carbonyl (C=O) groups excluding carboxylic acids is 2. The van der Waals surface area contributed by atoms with Crippen molar-refractivity contribution in [1.29, 1.82) is 0 Å². The van der Waals surface area contributed by atoms with E-state index in [1.54, 1.807) is 37.4 Å². The van der Waals surface area contributed by atoms with Crippen molar-refractivity contribution in [3.63, 3.8) is 0 Å². The zero-order valence-electron chi connectivity index (χ0n) is 16.3. The molecule has 0 saturated carbocycles. The number of benzene rings is 2. The highest BCUT2D eigenvalue weighted by molar-refractivity contribution is 5.96. The van der Waals surface area contributed by atoms with Crippen LogP contribution in [0.3, 0.4) is 0 Å². The van der Waals surface area contributed by atoms with Crippen LogP contribution in [-0.4, -0.2) is 45.2 Å². The zero-order valence-corrected chi connectivity index (χ0v) is 16.3. The number of hydrogen-bond donors (Lipinski definition) is 3. The molecule has 7 heteroatoms. The van der Waals surface area contributed by atoms with E-state index >= 15 is 0 Å². The van der Waals surface area contributed by atoms with Crippen LogP contribution in [0.1, 0.15) is 23.7 Å². The SMILES string of the molecule is CCOc1ccccc1NC(=O)CNc1ccc(C(=O)NCCCOC)cc1. The summed E-state index contributed by atoms with van der Waals surface area (Å²) >= 11 is 0. The molecule has 0 radical (unpaired) electrons. The van der Waals surface area contributed by atoms with Crippen LogP contribution >= 0.6 is 0 Å². The normalized spacial score (nSPS) is 10.2. The molecule has 3 N–H and O–H groups in total. The van der Waals surface area contributed by atoms with Gasteiger partial charge in [-0.15, -0.1) is 0 Å². The van der Waals surface area contributed by atoms with Gasteiger partial charge in [-0.05, 0) is 49.7 Å². The van der Waals surface area contributed by atoms with Crippen molar-refractivity contribution < 1.29 is 19.1 Å². The maximum absolute atomic E-state index is 12.2. The van der Waals surface area contributed by atoms with Gasteiger partial charge in [0.15, 0.2) is 0 Å². The molecule has 28 heavy (non-hydrogen) atoms. The second-order valence-corrected chi connectivity index (χ2v) is 6.01. The molecular weight excluding hydrogens is 358 g/mol. The Morgan fingerprint density at radius 1 is 1.04 bits per heavy atom. The molecule has 0 spiro atoms. The smallest absolute Gasteiger partial charge is 0.251 e. The van der Waals surface area contributed by atoms with E-state index in [9.17, 15) is 9.59 Å². The van der Waals surface area contributed by atoms with Crippen molar-refractivity contribution in [2.24, 2.45) is 0 Å². The molecule has 2 amide bonds. The molecule has 7 nitrogen and oxygen atoms in total. The average molecular weight is 385 g/mol. The summed E-state index contributed by atoms with van der Waals surface area (Å²) in [7, 11) is 1.63. The highest BCUT2D eigenvalue weighted by Gasteiger charge is 2.08. The summed E-state index contributed by atoms with van der Waals surface area (Å²) in [6.07, 6.45) is 0.767. The van der Waals surface area contributed by atoms with Crippen LogP contribution in [0, 0.1) is 0 Å². The minimum Gasteiger partial charge on any atom is -0.492 e. The van der Waals surface area contributed by atoms with Crippen LogP contribution < -0.4 is 20.7 Å². The Morgan fingerprint density at radius 3 is 2.50 bits per heavy atom. The number of para-hydroxylation sites is 2. The third kappa shape index (κ3) is 6.92. The molecular formula is C21H27N3O4. The third-order valence-electron chi connectivity index (χ3n) is 3.87. The molecule has 2 aromatic rings. The van der Waals surface area contributed by atoms with E-state index < -0.39 is 0 Å². The fourth-order valence-corrected chi connectivity index (χ4v) is 2.49. The quantitative estimate of drug-likeness (QED) is 0.518. The van der Waals surface area contributed by atoms with Gasteiger partial charge >= 0.3 is 0 Å². The van der Waals surface area contributed by atoms with Crippen LogP contribution in [0.5, 0.6) is 5.75 Å². The molecule has 0 aliphatic rings. The Balaban J connectivity index is 1.81. The molecule has 0 fully saturated rings. The van der Waals surface area contributed by atoms with Gasteiger partial charge in [-0.25, -0.2) is 0 Å². The maximum Gasteiger partial charge on any atom is 0.251 e. The Labute approximate surface area is 165 Å². The monoisotopic (exact) mass is 385 g/mol. The summed E-state index contributed by atoms with van der Waals surface area (Å²) < 4.78 is 10.4. The maximum atomic E-state index is 12.2. The first-order chi connectivity index (χ1) is 13.6. The first-order valence-corrected chi connectivity index (χ1v) is 9.26. The summed E-state index contributed by atoms with van der Waals surface area (Å²) in [5.41, 5.74) is 1.96. The van der Waals surface area contributed by atoms with Crippen molar-refractivity contribution in [2.45, 2.75) is 13.3 Å². The van der Waals surface area contributed by atoms with Crippen molar-refractivity contribution in [2.75, 3.05) is 44.0 Å². The van der Waals surface area contributed by atoms with E-state index in [2.05, 4.69) is 16.0 Å². The van der Waals surface area contributed by atoms with Crippen molar-refractivity contribution in [3.8, 4) is 5.75 Å². The minimum atomic E-state index is -0.188. The van der Waals surface area contributed by atoms with Gasteiger partial charge in [-0.1, -0.05) is 12.1 Å². The average Bonchev–Trinajstić information content (AvgIpc) is 2.71. The topological polar surface area (TPSA) is 88.7 Å². The van der Waals surface area contributed by atoms with E-state index in [0.717, 1.165) is 12.1 Å². The fourth-order valence-electron chi connectivity index (χ4n) is 2.49. The third-order valence-corrected chi connectivity index (χ3v) is 3.87. The molecule has 0 unspecified atom stereocenters. The number of rotatable bonds is 11. The number of anilines is 2. The van der Waals surface area contributed by atoms with Gasteiger partial charge in [0.25, 0.3) is 5.91 Å². The Hall–Kier alpha value is -3.06. The number of ether oxygens (including phenoxy) is 2. The van der Waals surface area contributed by atoms with E-state index in [0.29, 0.717) is 36.8 Å². The highest BCUT2D eigenvalue weighted by atomic mass is 16.5. The molecule has 0 heterocycles. The Bertz CT molecular complexity index is 763. The second-order valence-electron chi connectivity index (χ2n) is 6.01. The molecule has 0 saturated heterocycles. The molecule has 0 aliphatic heterocycles. The first kappa shape index (κ1) is 21.2. The molecule has 0 atom stereocenters. The van der Waals surface area contributed by atoms with Crippen molar-refractivity contribution >= 4 is 23.2 Å². The summed E-state index contributed by atoms with van der Waals surface area (Å²) in [4.78, 5) is 24.2. The second kappa shape index (κ2) is 11.6. The Kier molecular flexibility index (Phi) is 8.81. The van der Waals surface area contributed by atoms with E-state index in [1.807, 2.05) is 25.1 Å². The minimum absolute atomic E-state index is 0.100. The summed E-state index contributed by atoms with van der Waals surface area (Å²) in [6, 6.07) is 14.3. The van der Waals surface area contributed by atoms with Gasteiger partial charge in [0.05, 0.1) is 18.8 Å². The van der Waals surface area contributed by atoms with Gasteiger partial charge in [-0.2, -0.15) is 0 Å². The van der Waals surface area contributed by atoms with Crippen LogP contribution in [0.2, 0.25) is 0 Å². The van der Waals surface area contributed by atoms with Crippen LogP contribution in [0.4, 0.5) is 11.4 Å². The Morgan fingerprint density at radius 2 is 1.79 bits per heavy atom. The van der Waals surface area contributed by atoms with Gasteiger partial charge in [0.2, 0.25) is 5.91 Å². The highest BCUT2D eigenvalue weighted by Crippen LogP contribution is 2.23. The summed E-state index contributed by atoms with van der Waals surface area (Å²) in [5.74, 6) is 0.319. The summed E-state index contributed by atoms with van der Waals surface area (Å²) in [6.45, 7) is 3.69. The van der Waals surface area contributed by atoms with Gasteiger partial charge in [0, 0.05) is 31.5 Å². The number of hydrogen-bond acceptors (Lipinski definition) is 5. The summed E-state index contributed by atoms with van der Waals surface area (Å²) in [5, 5.41) is 8.70. The van der Waals surface area contributed by atoms with Gasteiger partial charge in [0.1, 0.15) is 5.75 Å². The van der Waals surface area contributed by atoms with Gasteiger partial charge < -0.3 is 25.4 Å². The molecule has 0 bridgehead atoms. The number of carbonyl (C=O) groups is 2. The number of amides is 2. The lowest BCUT2D eigenvalue weighted by atomic mass is 10.2. The molecule has 2 rings (SSSR count). The van der Waals surface area contributed by atoms with Crippen LogP contribution in [0.15, 0.2) is 48.5 Å². The molecule has 2 aromatic carbocycles. The molecule has 150 valence electrons. The predicted octanol–water partition coefficient (Wildman–Crippen LogP) is 2.90. The van der Waals surface area contributed by atoms with Crippen molar-refractivity contribution in [3.05, 3.63) is 54.1 Å². The van der Waals surface area contributed by atoms with E-state index in [-0.39, 0.29) is 18.4 Å². The predicted molar refractivity (Wildman–Crippen MR) is 110 cm³/mol. The number of methoxy groups -OCH3 is 1. The molecule has 0 aromatic heterocycles. The number of nitrogens with one attached hydrogen (secondary N) is 3. The van der Waals surface area contributed by atoms with Crippen molar-refractivity contribution in [1.82, 2.24) is 5.32 Å². The first-order valence-electron chi connectivity index (χ1n) is 9.26. The lowest BCUT2D eigenvalue weighted by molar-refractivity contribution is -0.114. The van der Waals surface area contributed by atoms with E-state index in [4.69, 9.17) is 9.47 Å². The fraction of sp³-hybridized carbons (Fsp3) is 0.333. The van der Waals surface area contributed by atoms with Crippen LogP contribution in [-0.2, 0) is 9.53 Å². The van der Waals surface area contributed by atoms with Gasteiger partial charge in [-0.3, -0.25) is 9.59 Å². The standard InChI is InChI=1S/C21H27N3O4/c1-3-28-19-8-5-4-7-18(19)24-20(25)15-23-17-11-9-16(10-12-17)21(26)22-13-6-14-27-2/h4-5,7-12,23H,3,6,13-15H2,1-2H3,(H,22,26)(H,24,25). The lowest BCUT2D eigenvalue weighted by Gasteiger charge is -2.12. The van der Waals surface area contributed by atoms with E-state index in [1.165, 1.54) is 0 Å². The van der Waals surface area contributed by atoms with Crippen LogP contribution in [0.25, 0.3) is 0 Å². The lowest BCUT2D eigenvalue weighted by Crippen LogP contribution is -2.25. The largest absolute Gasteiger partial charge is 0.492 e. The zero-order chi connectivity index (χ0) is 20.2.